The lowest BCUT2D eigenvalue weighted by Gasteiger charge is -2.13. The van der Waals surface area contributed by atoms with Gasteiger partial charge in [-0.15, -0.1) is 0 Å². The van der Waals surface area contributed by atoms with E-state index in [1.165, 1.54) is 38.9 Å². The Morgan fingerprint density at radius 3 is 1.52 bits per heavy atom. The second kappa shape index (κ2) is 6.78. The molecule has 25 heavy (non-hydrogen) atoms. The normalized spacial score (nSPS) is 10.6. The highest BCUT2D eigenvalue weighted by molar-refractivity contribution is 5.85. The number of benzene rings is 4. The molecule has 0 nitrogen and oxygen atoms in total. The zero-order chi connectivity index (χ0) is 17.1. The summed E-state index contributed by atoms with van der Waals surface area (Å²) in [5.41, 5.74) is 8.85. The van der Waals surface area contributed by atoms with Gasteiger partial charge in [-0.1, -0.05) is 97.1 Å². The van der Waals surface area contributed by atoms with Gasteiger partial charge < -0.3 is 0 Å². The van der Waals surface area contributed by atoms with Crippen LogP contribution in [0.4, 0.5) is 0 Å². The highest BCUT2D eigenvalue weighted by Crippen LogP contribution is 2.34. The Labute approximate surface area is 149 Å². The molecule has 4 rings (SSSR count). The minimum atomic E-state index is 1.25. The van der Waals surface area contributed by atoms with E-state index in [-0.39, 0.29) is 0 Å². The van der Waals surface area contributed by atoms with Crippen molar-refractivity contribution in [2.45, 2.75) is 6.92 Å². The Morgan fingerprint density at radius 1 is 0.400 bits per heavy atom. The Bertz CT molecular complexity index is 983. The second-order valence-corrected chi connectivity index (χ2v) is 6.37. The fourth-order valence-electron chi connectivity index (χ4n) is 3.34. The third kappa shape index (κ3) is 3.25. The lowest BCUT2D eigenvalue weighted by molar-refractivity contribution is 1.46. The van der Waals surface area contributed by atoms with Crippen molar-refractivity contribution in [3.05, 3.63) is 109 Å². The van der Waals surface area contributed by atoms with Crippen LogP contribution in [0.25, 0.3) is 33.4 Å². The number of rotatable bonds is 3. The molecule has 4 aromatic carbocycles. The van der Waals surface area contributed by atoms with Gasteiger partial charge in [-0.2, -0.15) is 0 Å². The topological polar surface area (TPSA) is 0 Å². The zero-order valence-electron chi connectivity index (χ0n) is 14.3. The molecule has 0 heteroatoms. The van der Waals surface area contributed by atoms with E-state index < -0.39 is 0 Å². The highest BCUT2D eigenvalue weighted by Gasteiger charge is 2.09. The molecule has 0 aromatic heterocycles. The molecule has 0 bridgehead atoms. The van der Waals surface area contributed by atoms with Gasteiger partial charge in [0.15, 0.2) is 0 Å². The van der Waals surface area contributed by atoms with Gasteiger partial charge in [-0.05, 0) is 51.9 Å². The van der Waals surface area contributed by atoms with E-state index in [1.54, 1.807) is 0 Å². The first-order valence-electron chi connectivity index (χ1n) is 8.63. The van der Waals surface area contributed by atoms with Crippen LogP contribution in [0, 0.1) is 6.92 Å². The largest absolute Gasteiger partial charge is 0.0622 e. The van der Waals surface area contributed by atoms with Crippen molar-refractivity contribution in [3.63, 3.8) is 0 Å². The van der Waals surface area contributed by atoms with Gasteiger partial charge in [0, 0.05) is 0 Å². The summed E-state index contributed by atoms with van der Waals surface area (Å²) in [4.78, 5) is 0. The predicted molar refractivity (Wildman–Crippen MR) is 107 cm³/mol. The molecule has 0 heterocycles. The summed E-state index contributed by atoms with van der Waals surface area (Å²) in [5.74, 6) is 0. The average molecular weight is 320 g/mol. The van der Waals surface area contributed by atoms with E-state index in [1.807, 2.05) is 0 Å². The lowest BCUT2D eigenvalue weighted by atomic mass is 9.91. The molecule has 0 spiro atoms. The van der Waals surface area contributed by atoms with Crippen molar-refractivity contribution < 1.29 is 0 Å². The minimum Gasteiger partial charge on any atom is -0.0622 e. The SMILES string of the molecule is Cc1cc(-c2ccccc2)cc(-c2ccccc2-c2ccccc2)c1. The molecule has 0 N–H and O–H groups in total. The molecular formula is C25H20. The minimum absolute atomic E-state index is 1.25. The van der Waals surface area contributed by atoms with Crippen molar-refractivity contribution >= 4 is 0 Å². The fourth-order valence-corrected chi connectivity index (χ4v) is 3.34. The molecule has 120 valence electrons. The van der Waals surface area contributed by atoms with Crippen LogP contribution in [0.5, 0.6) is 0 Å². The van der Waals surface area contributed by atoms with Crippen LogP contribution < -0.4 is 0 Å². The molecular weight excluding hydrogens is 300 g/mol. The Hall–Kier alpha value is -3.12. The van der Waals surface area contributed by atoms with Gasteiger partial charge in [0.2, 0.25) is 0 Å². The Kier molecular flexibility index (Phi) is 4.18. The smallest absolute Gasteiger partial charge is 0.0105 e. The summed E-state index contributed by atoms with van der Waals surface area (Å²) >= 11 is 0. The highest BCUT2D eigenvalue weighted by atomic mass is 14.1. The summed E-state index contributed by atoms with van der Waals surface area (Å²) in [6.45, 7) is 2.17. The van der Waals surface area contributed by atoms with Crippen molar-refractivity contribution in [2.75, 3.05) is 0 Å². The summed E-state index contributed by atoms with van der Waals surface area (Å²) < 4.78 is 0. The van der Waals surface area contributed by atoms with Gasteiger partial charge in [-0.25, -0.2) is 0 Å². The first-order valence-corrected chi connectivity index (χ1v) is 8.63. The summed E-state index contributed by atoms with van der Waals surface area (Å²) in [6.07, 6.45) is 0. The molecule has 0 atom stereocenters. The number of aryl methyl sites for hydroxylation is 1. The monoisotopic (exact) mass is 320 g/mol. The van der Waals surface area contributed by atoms with Crippen molar-refractivity contribution in [3.8, 4) is 33.4 Å². The number of hydrogen-bond acceptors (Lipinski definition) is 0. The van der Waals surface area contributed by atoms with Crippen LogP contribution in [-0.4, -0.2) is 0 Å². The molecule has 0 saturated heterocycles. The number of hydrogen-bond donors (Lipinski definition) is 0. The maximum absolute atomic E-state index is 2.30. The van der Waals surface area contributed by atoms with E-state index in [0.29, 0.717) is 0 Å². The first-order chi connectivity index (χ1) is 12.3. The third-order valence-electron chi connectivity index (χ3n) is 4.51. The first kappa shape index (κ1) is 15.4. The molecule has 0 fully saturated rings. The van der Waals surface area contributed by atoms with Gasteiger partial charge in [-0.3, -0.25) is 0 Å². The molecule has 0 aliphatic rings. The molecule has 0 unspecified atom stereocenters. The van der Waals surface area contributed by atoms with Crippen molar-refractivity contribution in [2.24, 2.45) is 0 Å². The summed E-state index contributed by atoms with van der Waals surface area (Å²) in [6, 6.07) is 36.6. The van der Waals surface area contributed by atoms with E-state index in [2.05, 4.69) is 110 Å². The lowest BCUT2D eigenvalue weighted by Crippen LogP contribution is -1.88. The molecule has 0 radical (unpaired) electrons. The quantitative estimate of drug-likeness (QED) is 0.381. The van der Waals surface area contributed by atoms with Gasteiger partial charge >= 0.3 is 0 Å². The van der Waals surface area contributed by atoms with Crippen LogP contribution in [0.2, 0.25) is 0 Å². The maximum atomic E-state index is 2.30. The second-order valence-electron chi connectivity index (χ2n) is 6.37. The molecule has 4 aromatic rings. The van der Waals surface area contributed by atoms with E-state index in [0.717, 1.165) is 0 Å². The molecule has 0 aliphatic heterocycles. The van der Waals surface area contributed by atoms with Gasteiger partial charge in [0.25, 0.3) is 0 Å². The average Bonchev–Trinajstić information content (AvgIpc) is 2.69. The zero-order valence-corrected chi connectivity index (χ0v) is 14.3. The van der Waals surface area contributed by atoms with Crippen LogP contribution >= 0.6 is 0 Å². The van der Waals surface area contributed by atoms with Gasteiger partial charge in [0.1, 0.15) is 0 Å². The summed E-state index contributed by atoms with van der Waals surface area (Å²) in [5, 5.41) is 0. The van der Waals surface area contributed by atoms with Crippen LogP contribution in [0.15, 0.2) is 103 Å². The van der Waals surface area contributed by atoms with Crippen molar-refractivity contribution in [1.29, 1.82) is 0 Å². The van der Waals surface area contributed by atoms with E-state index in [9.17, 15) is 0 Å². The van der Waals surface area contributed by atoms with E-state index >= 15 is 0 Å². The molecule has 0 amide bonds. The van der Waals surface area contributed by atoms with Crippen LogP contribution in [-0.2, 0) is 0 Å². The third-order valence-corrected chi connectivity index (χ3v) is 4.51. The van der Waals surface area contributed by atoms with Crippen LogP contribution in [0.1, 0.15) is 5.56 Å². The molecule has 0 saturated carbocycles. The Balaban J connectivity index is 1.88. The standard InChI is InChI=1S/C25H20/c1-19-16-22(20-10-4-2-5-11-20)18-23(17-19)25-15-9-8-14-24(25)21-12-6-3-7-13-21/h2-18H,1H3. The van der Waals surface area contributed by atoms with Gasteiger partial charge in [0.05, 0.1) is 0 Å². The van der Waals surface area contributed by atoms with Crippen LogP contribution in [0.3, 0.4) is 0 Å². The van der Waals surface area contributed by atoms with E-state index in [4.69, 9.17) is 0 Å². The Morgan fingerprint density at radius 2 is 0.880 bits per heavy atom. The molecule has 0 aliphatic carbocycles. The maximum Gasteiger partial charge on any atom is -0.0105 e. The van der Waals surface area contributed by atoms with Crippen molar-refractivity contribution in [1.82, 2.24) is 0 Å². The fraction of sp³-hybridized carbons (Fsp3) is 0.0400. The summed E-state index contributed by atoms with van der Waals surface area (Å²) in [7, 11) is 0. The predicted octanol–water partition coefficient (Wildman–Crippen LogP) is 7.00.